The Morgan fingerprint density at radius 3 is 2.52 bits per heavy atom. The number of amides is 1. The summed E-state index contributed by atoms with van der Waals surface area (Å²) in [5.41, 5.74) is 6.02. The van der Waals surface area contributed by atoms with E-state index >= 15 is 0 Å². The number of pyridine rings is 2. The SMILES string of the molecule is CNC(=O)c1cc(-c2ccccc2F)c2c(C)c(-c3cccnc3)c(C)cc2n1. The number of aryl methyl sites for hydroxylation is 2. The van der Waals surface area contributed by atoms with E-state index in [-0.39, 0.29) is 17.4 Å². The van der Waals surface area contributed by atoms with Gasteiger partial charge >= 0.3 is 0 Å². The van der Waals surface area contributed by atoms with Crippen LogP contribution in [-0.4, -0.2) is 22.9 Å². The molecule has 5 heteroatoms. The van der Waals surface area contributed by atoms with Gasteiger partial charge in [0.15, 0.2) is 0 Å². The molecule has 29 heavy (non-hydrogen) atoms. The van der Waals surface area contributed by atoms with E-state index in [1.54, 1.807) is 37.5 Å². The summed E-state index contributed by atoms with van der Waals surface area (Å²) in [6, 6.07) is 14.1. The van der Waals surface area contributed by atoms with E-state index in [0.29, 0.717) is 16.6 Å². The molecule has 2 aromatic heterocycles. The molecule has 0 aliphatic carbocycles. The van der Waals surface area contributed by atoms with Gasteiger partial charge in [-0.3, -0.25) is 9.78 Å². The standard InChI is InChI=1S/C24H20FN3O/c1-14-11-20-23(15(2)22(14)16-7-6-10-27-13-16)18(12-21(28-20)24(29)26-3)17-8-4-5-9-19(17)25/h4-13H,1-3H3,(H,26,29). The van der Waals surface area contributed by atoms with Crippen molar-refractivity contribution in [1.29, 1.82) is 0 Å². The molecule has 1 amide bonds. The minimum Gasteiger partial charge on any atom is -0.354 e. The number of hydrogen-bond donors (Lipinski definition) is 1. The Hall–Kier alpha value is -3.60. The van der Waals surface area contributed by atoms with Crippen LogP contribution in [0.25, 0.3) is 33.2 Å². The molecule has 0 radical (unpaired) electrons. The topological polar surface area (TPSA) is 54.9 Å². The number of fused-ring (bicyclic) bond motifs is 1. The highest BCUT2D eigenvalue weighted by atomic mass is 19.1. The number of hydrogen-bond acceptors (Lipinski definition) is 3. The van der Waals surface area contributed by atoms with Gasteiger partial charge in [-0.1, -0.05) is 24.3 Å². The molecule has 0 spiro atoms. The molecule has 2 heterocycles. The zero-order valence-corrected chi connectivity index (χ0v) is 16.5. The lowest BCUT2D eigenvalue weighted by molar-refractivity contribution is 0.0958. The van der Waals surface area contributed by atoms with Gasteiger partial charge in [0, 0.05) is 36.0 Å². The maximum Gasteiger partial charge on any atom is 0.269 e. The lowest BCUT2D eigenvalue weighted by atomic mass is 9.89. The van der Waals surface area contributed by atoms with Crippen LogP contribution in [0, 0.1) is 19.7 Å². The van der Waals surface area contributed by atoms with Crippen LogP contribution in [0.5, 0.6) is 0 Å². The van der Waals surface area contributed by atoms with Crippen molar-refractivity contribution in [3.63, 3.8) is 0 Å². The number of nitrogens with one attached hydrogen (secondary N) is 1. The maximum atomic E-state index is 14.7. The van der Waals surface area contributed by atoms with Crippen LogP contribution in [-0.2, 0) is 0 Å². The van der Waals surface area contributed by atoms with Gasteiger partial charge in [-0.05, 0) is 60.4 Å². The Labute approximate surface area is 168 Å². The first kappa shape index (κ1) is 18.7. The third-order valence-electron chi connectivity index (χ3n) is 5.12. The van der Waals surface area contributed by atoms with Gasteiger partial charge in [-0.15, -0.1) is 0 Å². The van der Waals surface area contributed by atoms with Gasteiger partial charge < -0.3 is 5.32 Å². The first-order valence-corrected chi connectivity index (χ1v) is 9.33. The third-order valence-corrected chi connectivity index (χ3v) is 5.12. The molecule has 4 aromatic rings. The van der Waals surface area contributed by atoms with Crippen molar-refractivity contribution in [2.75, 3.05) is 7.05 Å². The van der Waals surface area contributed by atoms with E-state index in [9.17, 15) is 9.18 Å². The molecule has 4 rings (SSSR count). The minimum absolute atomic E-state index is 0.256. The predicted molar refractivity (Wildman–Crippen MR) is 113 cm³/mol. The van der Waals surface area contributed by atoms with E-state index in [4.69, 9.17) is 0 Å². The Kier molecular flexibility index (Phi) is 4.80. The number of nitrogens with zero attached hydrogens (tertiary/aromatic N) is 2. The number of rotatable bonds is 3. The first-order chi connectivity index (χ1) is 14.0. The lowest BCUT2D eigenvalue weighted by Crippen LogP contribution is -2.19. The van der Waals surface area contributed by atoms with Crippen LogP contribution in [0.4, 0.5) is 4.39 Å². The predicted octanol–water partition coefficient (Wildman–Crippen LogP) is 5.08. The van der Waals surface area contributed by atoms with E-state index in [2.05, 4.69) is 15.3 Å². The molecule has 4 nitrogen and oxygen atoms in total. The number of carbonyl (C=O) groups is 1. The highest BCUT2D eigenvalue weighted by molar-refractivity contribution is 6.05. The molecule has 0 fully saturated rings. The van der Waals surface area contributed by atoms with Crippen molar-refractivity contribution in [2.45, 2.75) is 13.8 Å². The molecule has 0 saturated heterocycles. The largest absolute Gasteiger partial charge is 0.354 e. The number of benzene rings is 2. The summed E-state index contributed by atoms with van der Waals surface area (Å²) >= 11 is 0. The smallest absolute Gasteiger partial charge is 0.269 e. The zero-order valence-electron chi connectivity index (χ0n) is 16.5. The molecule has 0 aliphatic rings. The molecule has 0 aliphatic heterocycles. The van der Waals surface area contributed by atoms with Crippen LogP contribution in [0.1, 0.15) is 21.6 Å². The second-order valence-electron chi connectivity index (χ2n) is 6.94. The second kappa shape index (κ2) is 7.43. The number of halogens is 1. The van der Waals surface area contributed by atoms with Crippen molar-refractivity contribution in [3.05, 3.63) is 83.6 Å². The summed E-state index contributed by atoms with van der Waals surface area (Å²) in [6.45, 7) is 4.01. The molecule has 2 aromatic carbocycles. The summed E-state index contributed by atoms with van der Waals surface area (Å²) in [4.78, 5) is 21.1. The molecule has 0 bridgehead atoms. The third kappa shape index (κ3) is 3.25. The van der Waals surface area contributed by atoms with E-state index in [1.165, 1.54) is 6.07 Å². The molecule has 0 saturated carbocycles. The minimum atomic E-state index is -0.342. The highest BCUT2D eigenvalue weighted by Gasteiger charge is 2.19. The fraction of sp³-hybridized carbons (Fsp3) is 0.125. The van der Waals surface area contributed by atoms with Crippen molar-refractivity contribution in [2.24, 2.45) is 0 Å². The quantitative estimate of drug-likeness (QED) is 0.535. The Morgan fingerprint density at radius 2 is 1.83 bits per heavy atom. The van der Waals surface area contributed by atoms with Crippen molar-refractivity contribution >= 4 is 16.8 Å². The van der Waals surface area contributed by atoms with Gasteiger partial charge in [-0.2, -0.15) is 0 Å². The average Bonchev–Trinajstić information content (AvgIpc) is 2.73. The fourth-order valence-corrected chi connectivity index (χ4v) is 3.85. The van der Waals surface area contributed by atoms with Crippen LogP contribution in [0.15, 0.2) is 60.9 Å². The van der Waals surface area contributed by atoms with E-state index in [1.807, 2.05) is 38.2 Å². The molecule has 0 atom stereocenters. The van der Waals surface area contributed by atoms with E-state index in [0.717, 1.165) is 27.6 Å². The average molecular weight is 385 g/mol. The molecular weight excluding hydrogens is 365 g/mol. The molecule has 1 N–H and O–H groups in total. The lowest BCUT2D eigenvalue weighted by Gasteiger charge is -2.17. The Balaban J connectivity index is 2.13. The zero-order chi connectivity index (χ0) is 20.5. The Morgan fingerprint density at radius 1 is 1.03 bits per heavy atom. The van der Waals surface area contributed by atoms with E-state index < -0.39 is 0 Å². The number of aromatic nitrogens is 2. The highest BCUT2D eigenvalue weighted by Crippen LogP contribution is 2.38. The summed E-state index contributed by atoms with van der Waals surface area (Å²) in [6.07, 6.45) is 3.55. The van der Waals surface area contributed by atoms with Gasteiger partial charge in [0.2, 0.25) is 0 Å². The van der Waals surface area contributed by atoms with Gasteiger partial charge in [0.25, 0.3) is 5.91 Å². The van der Waals surface area contributed by atoms with Crippen LogP contribution >= 0.6 is 0 Å². The summed E-state index contributed by atoms with van der Waals surface area (Å²) in [5.74, 6) is -0.651. The summed E-state index contributed by atoms with van der Waals surface area (Å²) in [5, 5.41) is 3.43. The maximum absolute atomic E-state index is 14.7. The monoisotopic (exact) mass is 385 g/mol. The van der Waals surface area contributed by atoms with Crippen LogP contribution in [0.2, 0.25) is 0 Å². The van der Waals surface area contributed by atoms with Crippen molar-refractivity contribution in [1.82, 2.24) is 15.3 Å². The van der Waals surface area contributed by atoms with Gasteiger partial charge in [-0.25, -0.2) is 9.37 Å². The normalized spacial score (nSPS) is 10.9. The second-order valence-corrected chi connectivity index (χ2v) is 6.94. The van der Waals surface area contributed by atoms with Crippen molar-refractivity contribution in [3.8, 4) is 22.3 Å². The van der Waals surface area contributed by atoms with Gasteiger partial charge in [0.1, 0.15) is 11.5 Å². The van der Waals surface area contributed by atoms with Crippen molar-refractivity contribution < 1.29 is 9.18 Å². The summed E-state index contributed by atoms with van der Waals surface area (Å²) < 4.78 is 14.7. The van der Waals surface area contributed by atoms with Gasteiger partial charge in [0.05, 0.1) is 5.52 Å². The number of carbonyl (C=O) groups excluding carboxylic acids is 1. The molecule has 144 valence electrons. The summed E-state index contributed by atoms with van der Waals surface area (Å²) in [7, 11) is 1.55. The fourth-order valence-electron chi connectivity index (χ4n) is 3.85. The first-order valence-electron chi connectivity index (χ1n) is 9.33. The van der Waals surface area contributed by atoms with Crippen LogP contribution in [0.3, 0.4) is 0 Å². The molecule has 0 unspecified atom stereocenters. The van der Waals surface area contributed by atoms with Crippen LogP contribution < -0.4 is 5.32 Å². The molecular formula is C24H20FN3O. The Bertz CT molecular complexity index is 1240.